The summed E-state index contributed by atoms with van der Waals surface area (Å²) in [4.78, 5) is 0. The van der Waals surface area contributed by atoms with E-state index in [1.165, 1.54) is 199 Å². The van der Waals surface area contributed by atoms with Crippen molar-refractivity contribution < 1.29 is 24.0 Å². The maximum absolute atomic E-state index is 3.07. The van der Waals surface area contributed by atoms with E-state index in [1.807, 2.05) is 0 Å². The minimum absolute atomic E-state index is 0. The molecule has 0 heterocycles. The zero-order valence-electron chi connectivity index (χ0n) is 44.4. The summed E-state index contributed by atoms with van der Waals surface area (Å²) in [7, 11) is -2.84. The van der Waals surface area contributed by atoms with E-state index >= 15 is 0 Å². The van der Waals surface area contributed by atoms with E-state index in [2.05, 4.69) is 208 Å². The lowest BCUT2D eigenvalue weighted by Gasteiger charge is -2.54. The van der Waals surface area contributed by atoms with Crippen molar-refractivity contribution >= 4 is 67.8 Å². The van der Waals surface area contributed by atoms with Crippen LogP contribution in [0.3, 0.4) is 0 Å². The van der Waals surface area contributed by atoms with Crippen LogP contribution < -0.4 is 42.7 Å². The summed E-state index contributed by atoms with van der Waals surface area (Å²) >= 11 is 4.24. The highest BCUT2D eigenvalue weighted by atomic mass is 128. The second-order valence-electron chi connectivity index (χ2n) is 19.2. The van der Waals surface area contributed by atoms with Gasteiger partial charge in [0.1, 0.15) is 0 Å². The Morgan fingerprint density at radius 2 is 0.471 bits per heavy atom. The van der Waals surface area contributed by atoms with Crippen molar-refractivity contribution in [2.45, 2.75) is 209 Å². The molecule has 4 nitrogen and oxygen atoms in total. The Morgan fingerprint density at radius 1 is 0.294 bits per heavy atom. The quantitative estimate of drug-likeness (QED) is 0.0256. The Morgan fingerprint density at radius 3 is 0.662 bits per heavy atom. The molecule has 0 aliphatic rings. The molecule has 0 aliphatic heterocycles. The molecule has 0 aliphatic carbocycles. The molecule has 0 saturated heterocycles. The number of nitrogens with zero attached hydrogens (tertiary/aromatic N) is 4. The van der Waals surface area contributed by atoms with Crippen LogP contribution in [-0.2, 0) is 0 Å². The predicted molar refractivity (Wildman–Crippen MR) is 323 cm³/mol. The lowest BCUT2D eigenvalue weighted by Crippen LogP contribution is -3.00. The fourth-order valence-electron chi connectivity index (χ4n) is 9.96. The number of halogens is 3. The maximum atomic E-state index is 3.07. The molecule has 8 heteroatoms. The lowest BCUT2D eigenvalue weighted by atomic mass is 10.1. The summed E-state index contributed by atoms with van der Waals surface area (Å²) in [6.45, 7) is 23.0. The summed E-state index contributed by atoms with van der Waals surface area (Å²) in [6, 6.07) is 37.9. The van der Waals surface area contributed by atoms with Gasteiger partial charge in [-0.15, -0.1) is 0 Å². The van der Waals surface area contributed by atoms with Gasteiger partial charge < -0.3 is 24.0 Å². The first-order chi connectivity index (χ1) is 32.9. The van der Waals surface area contributed by atoms with Gasteiger partial charge in [0.15, 0.2) is 0 Å². The average Bonchev–Trinajstić information content (AvgIpc) is 3.34. The van der Waals surface area contributed by atoms with Gasteiger partial charge in [0.2, 0.25) is 0 Å². The molecule has 382 valence electrons. The Labute approximate surface area is 461 Å². The maximum Gasteiger partial charge on any atom is 0.405 e. The molecule has 4 aromatic rings. The minimum atomic E-state index is -2.84. The van der Waals surface area contributed by atoms with Crippen molar-refractivity contribution in [1.29, 1.82) is 0 Å². The Bertz CT molecular complexity index is 1590. The van der Waals surface area contributed by atoms with E-state index in [9.17, 15) is 0 Å². The van der Waals surface area contributed by atoms with Gasteiger partial charge in [-0.1, -0.05) is 229 Å². The van der Waals surface area contributed by atoms with Crippen LogP contribution >= 0.6 is 45.1 Å². The zero-order valence-corrected chi connectivity index (χ0v) is 51.8. The molecule has 0 atom stereocenters. The predicted octanol–water partition coefficient (Wildman–Crippen LogP) is 18.1. The smallest absolute Gasteiger partial charge is 0.405 e. The Hall–Kier alpha value is -1.30. The third-order valence-corrected chi connectivity index (χ3v) is 18.0. The molecule has 68 heavy (non-hydrogen) atoms. The molecule has 0 spiro atoms. The largest absolute Gasteiger partial charge is 1.00 e. The van der Waals surface area contributed by atoms with Gasteiger partial charge in [-0.2, -0.15) is 18.7 Å². The summed E-state index contributed by atoms with van der Waals surface area (Å²) < 4.78 is 12.3. The van der Waals surface area contributed by atoms with Gasteiger partial charge in [0.05, 0.1) is 48.9 Å². The molecule has 4 aromatic carbocycles. The van der Waals surface area contributed by atoms with Crippen molar-refractivity contribution in [3.63, 3.8) is 0 Å². The van der Waals surface area contributed by atoms with E-state index in [-0.39, 0.29) is 24.0 Å². The first kappa shape index (κ1) is 62.8. The van der Waals surface area contributed by atoms with Crippen LogP contribution in [0, 0.1) is 27.7 Å². The molecule has 0 N–H and O–H groups in total. The normalized spacial score (nSPS) is 11.1. The third kappa shape index (κ3) is 20.0. The number of unbranched alkanes of at least 4 members (excludes halogenated alkanes) is 20. The topological polar surface area (TPSA) is 13.0 Å². The highest BCUT2D eigenvalue weighted by molar-refractivity contribution is 15.0. The number of hydrogen-bond donors (Lipinski definition) is 0. The van der Waals surface area contributed by atoms with Crippen molar-refractivity contribution in [3.8, 4) is 0 Å². The second-order valence-corrected chi connectivity index (χ2v) is 22.3. The number of rotatable bonds is 36. The molecule has 0 unspecified atom stereocenters. The fraction of sp³-hybridized carbons (Fsp3) is 0.600. The van der Waals surface area contributed by atoms with E-state index in [1.54, 1.807) is 0 Å². The van der Waals surface area contributed by atoms with Crippen LogP contribution in [0.5, 0.6) is 0 Å². The molecule has 0 fully saturated rings. The SMILES string of the molecule is CCCCCCCCN(c1ccccc1C)[P+](N(CCCCCCCC)c1ccccc1C)(N(CCCCCCCC)c1ccccc1C)N(CCCCCCCC)c1ccccc1C.II.[I-]. The number of hydrogen-bond acceptors (Lipinski definition) is 4. The van der Waals surface area contributed by atoms with Crippen molar-refractivity contribution in [1.82, 2.24) is 0 Å². The van der Waals surface area contributed by atoms with Gasteiger partial charge in [-0.05, 0) is 99.9 Å². The Balaban J connectivity index is 0.00000522. The summed E-state index contributed by atoms with van der Waals surface area (Å²) in [5, 5.41) is 0. The van der Waals surface area contributed by atoms with E-state index in [4.69, 9.17) is 0 Å². The zero-order chi connectivity index (χ0) is 48.5. The van der Waals surface area contributed by atoms with Crippen LogP contribution in [0.1, 0.15) is 204 Å². The number of anilines is 4. The standard InChI is InChI=1S/C60H96N4P.I2.HI/c1-9-13-17-21-25-37-49-61(57-45-33-29-41-53(57)5)65(62(50-38-26-22-18-14-10-2)58-46-34-30-42-54(58)6,63(51-39-27-23-19-15-11-3)59-47-35-31-43-55(59)7)64(52-40-28-24-20-16-12-4)60-48-36-32-44-56(60)8;1-2;/h29-36,41-48H,9-28,37-40,49-52H2,1-8H3;;1H/q+1;;/p-1. The Kier molecular flexibility index (Phi) is 35.4. The van der Waals surface area contributed by atoms with Crippen molar-refractivity contribution in [2.75, 3.05) is 44.9 Å². The molecule has 0 aromatic heterocycles. The number of aryl methyl sites for hydroxylation is 4. The summed E-state index contributed by atoms with van der Waals surface area (Å²) in [5.41, 5.74) is 11.1. The molecule has 0 amide bonds. The van der Waals surface area contributed by atoms with Crippen molar-refractivity contribution in [3.05, 3.63) is 119 Å². The highest BCUT2D eigenvalue weighted by Gasteiger charge is 2.63. The minimum Gasteiger partial charge on any atom is -1.00 e. The van der Waals surface area contributed by atoms with Crippen LogP contribution in [0.4, 0.5) is 22.7 Å². The number of para-hydroxylation sites is 4. The first-order valence-electron chi connectivity index (χ1n) is 27.2. The van der Waals surface area contributed by atoms with E-state index in [0.717, 1.165) is 26.2 Å². The highest BCUT2D eigenvalue weighted by Crippen LogP contribution is 2.74. The summed E-state index contributed by atoms with van der Waals surface area (Å²) in [6.07, 6.45) is 30.7. The van der Waals surface area contributed by atoms with E-state index in [0.29, 0.717) is 0 Å². The van der Waals surface area contributed by atoms with E-state index < -0.39 is 7.87 Å². The lowest BCUT2D eigenvalue weighted by molar-refractivity contribution is -0.0000139. The van der Waals surface area contributed by atoms with Crippen LogP contribution in [0.15, 0.2) is 97.1 Å². The van der Waals surface area contributed by atoms with Gasteiger partial charge in [-0.25, -0.2) is 0 Å². The fourth-order valence-corrected chi connectivity index (χ4v) is 15.2. The van der Waals surface area contributed by atoms with Crippen LogP contribution in [0.2, 0.25) is 0 Å². The molecule has 0 saturated carbocycles. The van der Waals surface area contributed by atoms with Crippen molar-refractivity contribution in [2.24, 2.45) is 0 Å². The molecular weight excluding hydrogens is 1190 g/mol. The average molecular weight is 1290 g/mol. The second kappa shape index (κ2) is 38.3. The van der Waals surface area contributed by atoms with Gasteiger partial charge >= 0.3 is 7.87 Å². The monoisotopic (exact) mass is 1280 g/mol. The van der Waals surface area contributed by atoms with Crippen LogP contribution in [0.25, 0.3) is 0 Å². The molecular formula is C60H96I3N4P. The molecule has 0 bridgehead atoms. The van der Waals surface area contributed by atoms with Crippen LogP contribution in [-0.4, -0.2) is 26.2 Å². The third-order valence-electron chi connectivity index (χ3n) is 13.8. The number of benzene rings is 4. The molecule has 4 rings (SSSR count). The van der Waals surface area contributed by atoms with Gasteiger partial charge in [0, 0.05) is 37.2 Å². The first-order valence-corrected chi connectivity index (χ1v) is 35.1. The summed E-state index contributed by atoms with van der Waals surface area (Å²) in [5.74, 6) is 0. The molecule has 0 radical (unpaired) electrons. The van der Waals surface area contributed by atoms with Gasteiger partial charge in [0.25, 0.3) is 0 Å². The van der Waals surface area contributed by atoms with Gasteiger partial charge in [-0.3, -0.25) is 0 Å².